The minimum absolute atomic E-state index is 0.120. The number of hydrogen-bond donors (Lipinski definition) is 0. The molecule has 3 rings (SSSR count). The summed E-state index contributed by atoms with van der Waals surface area (Å²) < 4.78 is 3.24. The van der Waals surface area contributed by atoms with Crippen LogP contribution in [-0.4, -0.2) is 41.0 Å². The van der Waals surface area contributed by atoms with Crippen LogP contribution in [0.5, 0.6) is 0 Å². The minimum Gasteiger partial charge on any atom is -0.293 e. The maximum atomic E-state index is 11.2. The van der Waals surface area contributed by atoms with E-state index in [4.69, 9.17) is 0 Å². The van der Waals surface area contributed by atoms with Gasteiger partial charge in [-0.1, -0.05) is 35.5 Å². The number of Topliss-reactive ketones (excluding diaryl/α,β-unsaturated/α-hetero) is 1. The molecule has 21 heavy (non-hydrogen) atoms. The minimum atomic E-state index is -0.120. The highest BCUT2D eigenvalue weighted by Crippen LogP contribution is 2.04. The van der Waals surface area contributed by atoms with E-state index < -0.39 is 0 Å². The molecule has 0 unspecified atom stereocenters. The molecule has 3 aromatic rings. The first-order valence-corrected chi connectivity index (χ1v) is 6.42. The maximum Gasteiger partial charge on any atom is 0.181 e. The fraction of sp³-hybridized carbons (Fsp3) is 0.231. The lowest BCUT2D eigenvalue weighted by Gasteiger charge is -2.04. The third-order valence-corrected chi connectivity index (χ3v) is 2.98. The van der Waals surface area contributed by atoms with E-state index in [9.17, 15) is 4.79 Å². The number of carbonyl (C=O) groups excluding carboxylic acids is 1. The quantitative estimate of drug-likeness (QED) is 0.635. The predicted molar refractivity (Wildman–Crippen MR) is 72.5 cm³/mol. The summed E-state index contributed by atoms with van der Waals surface area (Å²) in [7, 11) is 0. The number of nitrogens with zero attached hydrogens (tertiary/aromatic N) is 7. The zero-order valence-corrected chi connectivity index (χ0v) is 11.4. The standard InChI is InChI=1S/C13H13N7O/c1-10(21)12-8-19(17-14-12)9-13-15-16-18-20(13)7-11-5-3-2-4-6-11/h2-6,8H,7,9H2,1H3. The fourth-order valence-corrected chi connectivity index (χ4v) is 1.90. The molecule has 0 saturated carbocycles. The zero-order chi connectivity index (χ0) is 14.7. The lowest BCUT2D eigenvalue weighted by Crippen LogP contribution is -2.11. The highest BCUT2D eigenvalue weighted by molar-refractivity contribution is 5.91. The number of benzene rings is 1. The topological polar surface area (TPSA) is 91.4 Å². The summed E-state index contributed by atoms with van der Waals surface area (Å²) in [4.78, 5) is 11.2. The van der Waals surface area contributed by atoms with Crippen molar-refractivity contribution >= 4 is 5.78 Å². The Labute approximate surface area is 120 Å². The normalized spacial score (nSPS) is 10.7. The first-order valence-electron chi connectivity index (χ1n) is 6.42. The highest BCUT2D eigenvalue weighted by Gasteiger charge is 2.10. The summed E-state index contributed by atoms with van der Waals surface area (Å²) in [6, 6.07) is 9.91. The van der Waals surface area contributed by atoms with Crippen LogP contribution in [0.25, 0.3) is 0 Å². The van der Waals surface area contributed by atoms with Gasteiger partial charge in [0.2, 0.25) is 0 Å². The summed E-state index contributed by atoms with van der Waals surface area (Å²) in [5.41, 5.74) is 1.44. The van der Waals surface area contributed by atoms with Crippen molar-refractivity contribution < 1.29 is 4.79 Å². The first-order chi connectivity index (χ1) is 10.2. The van der Waals surface area contributed by atoms with Crippen molar-refractivity contribution in [1.29, 1.82) is 0 Å². The van der Waals surface area contributed by atoms with Gasteiger partial charge in [0, 0.05) is 6.92 Å². The van der Waals surface area contributed by atoms with Crippen LogP contribution in [0.2, 0.25) is 0 Å². The van der Waals surface area contributed by atoms with Gasteiger partial charge >= 0.3 is 0 Å². The van der Waals surface area contributed by atoms with E-state index in [1.165, 1.54) is 6.92 Å². The molecule has 0 aliphatic carbocycles. The van der Waals surface area contributed by atoms with Crippen LogP contribution in [0, 0.1) is 0 Å². The molecule has 1 aromatic carbocycles. The number of ketones is 1. The second-order valence-electron chi connectivity index (χ2n) is 4.60. The van der Waals surface area contributed by atoms with Gasteiger partial charge in [-0.2, -0.15) is 0 Å². The van der Waals surface area contributed by atoms with Crippen LogP contribution in [0.15, 0.2) is 36.5 Å². The SMILES string of the molecule is CC(=O)c1cn(Cc2nnnn2Cc2ccccc2)nn1. The molecule has 0 saturated heterocycles. The number of rotatable bonds is 5. The first kappa shape index (κ1) is 13.1. The van der Waals surface area contributed by atoms with E-state index in [-0.39, 0.29) is 5.78 Å². The monoisotopic (exact) mass is 283 g/mol. The van der Waals surface area contributed by atoms with E-state index in [1.54, 1.807) is 15.6 Å². The van der Waals surface area contributed by atoms with Crippen molar-refractivity contribution in [3.8, 4) is 0 Å². The average Bonchev–Trinajstić information content (AvgIpc) is 3.11. The molecule has 2 aromatic heterocycles. The Hall–Kier alpha value is -2.90. The summed E-state index contributed by atoms with van der Waals surface area (Å²) in [5, 5.41) is 19.4. The molecule has 2 heterocycles. The fourth-order valence-electron chi connectivity index (χ4n) is 1.90. The van der Waals surface area contributed by atoms with Gasteiger partial charge in [-0.15, -0.1) is 10.2 Å². The second kappa shape index (κ2) is 5.61. The van der Waals surface area contributed by atoms with Crippen LogP contribution in [-0.2, 0) is 13.1 Å². The van der Waals surface area contributed by atoms with E-state index in [2.05, 4.69) is 25.8 Å². The van der Waals surface area contributed by atoms with Gasteiger partial charge in [-0.05, 0) is 16.0 Å². The molecule has 0 radical (unpaired) electrons. The van der Waals surface area contributed by atoms with Gasteiger partial charge in [0.15, 0.2) is 11.6 Å². The molecule has 8 heteroatoms. The molecule has 0 amide bonds. The molecule has 0 bridgehead atoms. The van der Waals surface area contributed by atoms with Crippen molar-refractivity contribution in [2.24, 2.45) is 0 Å². The average molecular weight is 283 g/mol. The molecule has 0 aliphatic heterocycles. The van der Waals surface area contributed by atoms with Crippen molar-refractivity contribution in [2.75, 3.05) is 0 Å². The Morgan fingerprint density at radius 2 is 1.90 bits per heavy atom. The molecule has 0 atom stereocenters. The van der Waals surface area contributed by atoms with Gasteiger partial charge in [0.05, 0.1) is 12.7 Å². The molecule has 106 valence electrons. The number of tetrazole rings is 1. The van der Waals surface area contributed by atoms with Crippen molar-refractivity contribution in [1.82, 2.24) is 35.2 Å². The second-order valence-corrected chi connectivity index (χ2v) is 4.60. The van der Waals surface area contributed by atoms with Gasteiger partial charge in [-0.3, -0.25) is 4.79 Å². The Bertz CT molecular complexity index is 747. The lowest BCUT2D eigenvalue weighted by atomic mass is 10.2. The summed E-state index contributed by atoms with van der Waals surface area (Å²) >= 11 is 0. The molecule has 0 spiro atoms. The predicted octanol–water partition coefficient (Wildman–Crippen LogP) is 0.564. The third kappa shape index (κ3) is 2.99. The van der Waals surface area contributed by atoms with Gasteiger partial charge in [0.1, 0.15) is 12.2 Å². The number of hydrogen-bond acceptors (Lipinski definition) is 6. The molecule has 8 nitrogen and oxygen atoms in total. The molecule has 0 aliphatic rings. The number of aromatic nitrogens is 7. The van der Waals surface area contributed by atoms with Gasteiger partial charge in [0.25, 0.3) is 0 Å². The maximum absolute atomic E-state index is 11.2. The molecular weight excluding hydrogens is 270 g/mol. The van der Waals surface area contributed by atoms with E-state index in [1.807, 2.05) is 30.3 Å². The van der Waals surface area contributed by atoms with E-state index in [0.29, 0.717) is 24.6 Å². The van der Waals surface area contributed by atoms with Crippen LogP contribution in [0.3, 0.4) is 0 Å². The van der Waals surface area contributed by atoms with Gasteiger partial charge < -0.3 is 0 Å². The van der Waals surface area contributed by atoms with Crippen LogP contribution < -0.4 is 0 Å². The van der Waals surface area contributed by atoms with Crippen molar-refractivity contribution in [3.05, 3.63) is 53.6 Å². The Morgan fingerprint density at radius 3 is 2.62 bits per heavy atom. The van der Waals surface area contributed by atoms with Crippen LogP contribution in [0.4, 0.5) is 0 Å². The van der Waals surface area contributed by atoms with E-state index in [0.717, 1.165) is 5.56 Å². The summed E-state index contributed by atoms with van der Waals surface area (Å²) in [6.07, 6.45) is 1.59. The Kier molecular flexibility index (Phi) is 3.50. The summed E-state index contributed by atoms with van der Waals surface area (Å²) in [5.74, 6) is 0.531. The summed E-state index contributed by atoms with van der Waals surface area (Å²) in [6.45, 7) is 2.39. The zero-order valence-electron chi connectivity index (χ0n) is 11.4. The third-order valence-electron chi connectivity index (χ3n) is 2.98. The van der Waals surface area contributed by atoms with Gasteiger partial charge in [-0.25, -0.2) is 9.36 Å². The van der Waals surface area contributed by atoms with E-state index >= 15 is 0 Å². The molecular formula is C13H13N7O. The molecule has 0 fully saturated rings. The van der Waals surface area contributed by atoms with Crippen LogP contribution in [0.1, 0.15) is 28.8 Å². The molecule has 0 N–H and O–H groups in total. The number of carbonyl (C=O) groups is 1. The lowest BCUT2D eigenvalue weighted by molar-refractivity contribution is 0.101. The largest absolute Gasteiger partial charge is 0.293 e. The smallest absolute Gasteiger partial charge is 0.181 e. The van der Waals surface area contributed by atoms with Crippen LogP contribution >= 0.6 is 0 Å². The van der Waals surface area contributed by atoms with Crippen molar-refractivity contribution in [3.63, 3.8) is 0 Å². The Morgan fingerprint density at radius 1 is 1.10 bits per heavy atom. The Balaban J connectivity index is 1.77. The van der Waals surface area contributed by atoms with Crippen molar-refractivity contribution in [2.45, 2.75) is 20.0 Å². The highest BCUT2D eigenvalue weighted by atomic mass is 16.1.